The van der Waals surface area contributed by atoms with Crippen LogP contribution in [-0.4, -0.2) is 36.0 Å². The average molecular weight is 450 g/mol. The molecule has 1 aromatic heterocycles. The summed E-state index contributed by atoms with van der Waals surface area (Å²) in [5.41, 5.74) is 2.26. The largest absolute Gasteiger partial charge is 1.00 e. The van der Waals surface area contributed by atoms with Gasteiger partial charge < -0.3 is 25.1 Å². The number of halogens is 2. The van der Waals surface area contributed by atoms with E-state index in [4.69, 9.17) is 23.2 Å². The van der Waals surface area contributed by atoms with Crippen molar-refractivity contribution in [1.29, 1.82) is 0 Å². The third kappa shape index (κ3) is 3.83. The molecule has 1 saturated carbocycles. The van der Waals surface area contributed by atoms with Gasteiger partial charge in [0.05, 0.1) is 16.0 Å². The first-order chi connectivity index (χ1) is 14.3. The first kappa shape index (κ1) is 22.1. The van der Waals surface area contributed by atoms with E-state index in [1.165, 1.54) is 0 Å². The number of amides is 1. The number of nitrogens with one attached hydrogen (secondary N) is 2. The van der Waals surface area contributed by atoms with Gasteiger partial charge in [0.1, 0.15) is 5.69 Å². The number of aryl methyl sites for hydroxylation is 1. The number of rotatable bonds is 4. The molecule has 3 atom stereocenters. The Hall–Kier alpha value is -2.10. The second-order valence-corrected chi connectivity index (χ2v) is 8.77. The summed E-state index contributed by atoms with van der Waals surface area (Å²) in [6.45, 7) is 3.49. The van der Waals surface area contributed by atoms with Crippen LogP contribution in [0.4, 0.5) is 5.69 Å². The summed E-state index contributed by atoms with van der Waals surface area (Å²) in [5, 5.41) is 16.6. The standard InChI is InChI=1S/C22H19Cl2N3O3.Li/c1-10-17(23)18(24)20(25-10)21(28)26-19-15-8-27(9-16(15)19)14-5-4-11-6-13(22(29)30)3-2-12(11)7-14;/h2-7,15-16,19,25H,8-9H2,1H3,(H,26,28)(H,29,30);/q;+1/p-1/t15-,16+,19?;. The van der Waals surface area contributed by atoms with Crippen LogP contribution in [0.15, 0.2) is 36.4 Å². The van der Waals surface area contributed by atoms with E-state index in [1.54, 1.807) is 25.1 Å². The van der Waals surface area contributed by atoms with Crippen LogP contribution in [0.5, 0.6) is 0 Å². The van der Waals surface area contributed by atoms with E-state index in [0.29, 0.717) is 28.2 Å². The van der Waals surface area contributed by atoms with Crippen LogP contribution >= 0.6 is 23.2 Å². The molecule has 3 aromatic rings. The van der Waals surface area contributed by atoms with Gasteiger partial charge in [0, 0.05) is 42.3 Å². The van der Waals surface area contributed by atoms with Gasteiger partial charge in [-0.1, -0.05) is 41.4 Å². The minimum Gasteiger partial charge on any atom is -0.545 e. The second-order valence-electron chi connectivity index (χ2n) is 8.02. The van der Waals surface area contributed by atoms with Gasteiger partial charge in [0.15, 0.2) is 0 Å². The van der Waals surface area contributed by atoms with Crippen LogP contribution < -0.4 is 34.2 Å². The Morgan fingerprint density at radius 1 is 1.06 bits per heavy atom. The number of aromatic nitrogens is 1. The van der Waals surface area contributed by atoms with Crippen LogP contribution in [-0.2, 0) is 0 Å². The number of nitrogens with zero attached hydrogens (tertiary/aromatic N) is 1. The Morgan fingerprint density at radius 3 is 2.32 bits per heavy atom. The van der Waals surface area contributed by atoms with Crippen molar-refractivity contribution in [2.45, 2.75) is 13.0 Å². The molecule has 1 unspecified atom stereocenters. The third-order valence-electron chi connectivity index (χ3n) is 6.20. The molecule has 154 valence electrons. The van der Waals surface area contributed by atoms with Crippen molar-refractivity contribution in [3.63, 3.8) is 0 Å². The van der Waals surface area contributed by atoms with Crippen molar-refractivity contribution in [3.8, 4) is 0 Å². The average Bonchev–Trinajstić information content (AvgIpc) is 3.06. The maximum atomic E-state index is 12.5. The zero-order chi connectivity index (χ0) is 21.2. The van der Waals surface area contributed by atoms with Crippen molar-refractivity contribution in [3.05, 3.63) is 63.4 Å². The Balaban J connectivity index is 0.00000231. The van der Waals surface area contributed by atoms with Crippen LogP contribution in [0.25, 0.3) is 10.8 Å². The first-order valence-electron chi connectivity index (χ1n) is 9.68. The number of piperidine rings is 1. The number of anilines is 1. The van der Waals surface area contributed by atoms with Gasteiger partial charge in [0.2, 0.25) is 0 Å². The zero-order valence-electron chi connectivity index (χ0n) is 17.0. The molecule has 2 N–H and O–H groups in total. The van der Waals surface area contributed by atoms with Crippen LogP contribution in [0.3, 0.4) is 0 Å². The Bertz CT molecular complexity index is 1200. The number of hydrogen-bond donors (Lipinski definition) is 2. The monoisotopic (exact) mass is 449 g/mol. The van der Waals surface area contributed by atoms with E-state index in [9.17, 15) is 14.7 Å². The molecule has 2 aliphatic rings. The quantitative estimate of drug-likeness (QED) is 0.549. The summed E-state index contributed by atoms with van der Waals surface area (Å²) in [6, 6.07) is 11.1. The first-order valence-corrected chi connectivity index (χ1v) is 10.4. The van der Waals surface area contributed by atoms with Gasteiger partial charge in [-0.2, -0.15) is 0 Å². The summed E-state index contributed by atoms with van der Waals surface area (Å²) in [6.07, 6.45) is 0. The summed E-state index contributed by atoms with van der Waals surface area (Å²) in [4.78, 5) is 28.8. The number of benzene rings is 2. The summed E-state index contributed by atoms with van der Waals surface area (Å²) >= 11 is 12.2. The number of H-pyrrole nitrogens is 1. The fourth-order valence-corrected chi connectivity index (χ4v) is 4.88. The number of carbonyl (C=O) groups excluding carboxylic acids is 2. The molecule has 2 fully saturated rings. The molecular formula is C22H18Cl2LiN3O3. The minimum absolute atomic E-state index is 0. The number of carbonyl (C=O) groups is 2. The smallest absolute Gasteiger partial charge is 0.545 e. The van der Waals surface area contributed by atoms with Crippen LogP contribution in [0.1, 0.15) is 26.5 Å². The molecular weight excluding hydrogens is 432 g/mol. The zero-order valence-corrected chi connectivity index (χ0v) is 18.6. The van der Waals surface area contributed by atoms with Crippen molar-refractivity contribution < 1.29 is 33.6 Å². The van der Waals surface area contributed by atoms with Gasteiger partial charge >= 0.3 is 18.9 Å². The van der Waals surface area contributed by atoms with Crippen LogP contribution in [0.2, 0.25) is 10.0 Å². The molecule has 1 saturated heterocycles. The van der Waals surface area contributed by atoms with Gasteiger partial charge in [0.25, 0.3) is 5.91 Å². The van der Waals surface area contributed by atoms with Gasteiger partial charge in [-0.05, 0) is 41.5 Å². The van der Waals surface area contributed by atoms with Crippen LogP contribution in [0, 0.1) is 18.8 Å². The Labute approximate surface area is 201 Å². The Kier molecular flexibility index (Phi) is 5.78. The molecule has 6 nitrogen and oxygen atoms in total. The number of aromatic amines is 1. The molecule has 9 heteroatoms. The number of carboxylic acids is 1. The Morgan fingerprint density at radius 2 is 1.71 bits per heavy atom. The van der Waals surface area contributed by atoms with E-state index >= 15 is 0 Å². The van der Waals surface area contributed by atoms with Crippen molar-refractivity contribution in [1.82, 2.24) is 10.3 Å². The molecule has 1 aliphatic carbocycles. The van der Waals surface area contributed by atoms with E-state index in [0.717, 1.165) is 29.5 Å². The molecule has 31 heavy (non-hydrogen) atoms. The van der Waals surface area contributed by atoms with E-state index in [1.807, 2.05) is 12.1 Å². The molecule has 1 amide bonds. The molecule has 2 heterocycles. The molecule has 5 rings (SSSR count). The molecule has 2 aromatic carbocycles. The summed E-state index contributed by atoms with van der Waals surface area (Å²) in [7, 11) is 0. The summed E-state index contributed by atoms with van der Waals surface area (Å²) in [5.74, 6) is -0.604. The minimum atomic E-state index is -1.17. The predicted molar refractivity (Wildman–Crippen MR) is 114 cm³/mol. The fourth-order valence-electron chi connectivity index (χ4n) is 4.46. The normalized spacial score (nSPS) is 21.5. The van der Waals surface area contributed by atoms with E-state index < -0.39 is 5.97 Å². The fraction of sp³-hybridized carbons (Fsp3) is 0.273. The second kappa shape index (κ2) is 8.11. The number of hydrogen-bond acceptors (Lipinski definition) is 4. The topological polar surface area (TPSA) is 88.3 Å². The van der Waals surface area contributed by atoms with Crippen molar-refractivity contribution in [2.24, 2.45) is 11.8 Å². The number of carboxylic acid groups (broad SMARTS) is 1. The SMILES string of the molecule is Cc1[nH]c(C(=O)NC2[C@H]3CN(c4ccc5cc(C(=O)[O-])ccc5c4)C[C@@H]23)c(Cl)c1Cl.[Li+]. The van der Waals surface area contributed by atoms with Gasteiger partial charge in [-0.3, -0.25) is 4.79 Å². The predicted octanol–water partition coefficient (Wildman–Crippen LogP) is 0.0152. The van der Waals surface area contributed by atoms with Gasteiger partial charge in [-0.25, -0.2) is 0 Å². The molecule has 0 spiro atoms. The maximum absolute atomic E-state index is 12.5. The van der Waals surface area contributed by atoms with E-state index in [2.05, 4.69) is 21.3 Å². The van der Waals surface area contributed by atoms with Crippen molar-refractivity contribution >= 4 is 51.5 Å². The summed E-state index contributed by atoms with van der Waals surface area (Å²) < 4.78 is 0. The third-order valence-corrected chi connectivity index (χ3v) is 7.14. The molecule has 0 bridgehead atoms. The van der Waals surface area contributed by atoms with E-state index in [-0.39, 0.29) is 41.4 Å². The van der Waals surface area contributed by atoms with Crippen molar-refractivity contribution in [2.75, 3.05) is 18.0 Å². The molecule has 0 radical (unpaired) electrons. The maximum Gasteiger partial charge on any atom is 1.00 e. The molecule has 1 aliphatic heterocycles. The van der Waals surface area contributed by atoms with Gasteiger partial charge in [-0.15, -0.1) is 0 Å². The number of aromatic carboxylic acids is 1. The number of fused-ring (bicyclic) bond motifs is 2.